The lowest BCUT2D eigenvalue weighted by atomic mass is 10.3. The highest BCUT2D eigenvalue weighted by Gasteiger charge is 2.31. The maximum absolute atomic E-state index is 13.1. The van der Waals surface area contributed by atoms with Crippen LogP contribution in [0.5, 0.6) is 0 Å². The first kappa shape index (κ1) is 27.3. The van der Waals surface area contributed by atoms with Crippen molar-refractivity contribution in [2.45, 2.75) is 29.1 Å². The maximum Gasteiger partial charge on any atom is 0.289 e. The van der Waals surface area contributed by atoms with Crippen molar-refractivity contribution < 1.29 is 26.7 Å². The number of benzene rings is 2. The largest absolute Gasteiger partial charge is 0.330 e. The van der Waals surface area contributed by atoms with Crippen LogP contribution in [0.2, 0.25) is 0 Å². The van der Waals surface area contributed by atoms with Crippen LogP contribution < -0.4 is 10.5 Å². The van der Waals surface area contributed by atoms with Crippen LogP contribution in [-0.4, -0.2) is 57.2 Å². The second kappa shape index (κ2) is 11.9. The smallest absolute Gasteiger partial charge is 0.289 e. The third kappa shape index (κ3) is 6.77. The molecule has 0 bridgehead atoms. The summed E-state index contributed by atoms with van der Waals surface area (Å²) < 4.78 is 54.4. The molecule has 0 aliphatic rings. The summed E-state index contributed by atoms with van der Waals surface area (Å²) in [5.41, 5.74) is 4.39. The van der Waals surface area contributed by atoms with Gasteiger partial charge in [-0.15, -0.1) is 0 Å². The second-order valence-corrected chi connectivity index (χ2v) is 10.7. The normalized spacial score (nSPS) is 12.1. The van der Waals surface area contributed by atoms with Crippen LogP contribution in [0.4, 0.5) is 11.4 Å². The Kier molecular flexibility index (Phi) is 9.57. The van der Waals surface area contributed by atoms with Gasteiger partial charge < -0.3 is 5.73 Å². The Hall–Kier alpha value is -2.98. The van der Waals surface area contributed by atoms with Gasteiger partial charge in [-0.1, -0.05) is 24.3 Å². The van der Waals surface area contributed by atoms with E-state index >= 15 is 0 Å². The van der Waals surface area contributed by atoms with Crippen molar-refractivity contribution in [1.82, 2.24) is 9.03 Å². The fraction of sp³-hybridized carbons (Fsp3) is 0.368. The van der Waals surface area contributed by atoms with Crippen molar-refractivity contribution in [2.24, 2.45) is 5.73 Å². The van der Waals surface area contributed by atoms with Crippen LogP contribution in [-0.2, 0) is 20.0 Å². The summed E-state index contributed by atoms with van der Waals surface area (Å²) in [7, 11) is -8.35. The third-order valence-electron chi connectivity index (χ3n) is 4.77. The average Bonchev–Trinajstić information content (AvgIpc) is 2.80. The summed E-state index contributed by atoms with van der Waals surface area (Å²) in [6, 6.07) is 9.93. The van der Waals surface area contributed by atoms with Crippen LogP contribution in [0.3, 0.4) is 0 Å². The predicted octanol–water partition coefficient (Wildman–Crippen LogP) is 1.60. The number of nitrogens with two attached hydrogens (primary N) is 1. The fourth-order valence-electron chi connectivity index (χ4n) is 3.12. The maximum atomic E-state index is 13.1. The second-order valence-electron chi connectivity index (χ2n) is 7.10. The molecule has 0 aliphatic carbocycles. The first-order chi connectivity index (χ1) is 16.0. The van der Waals surface area contributed by atoms with Gasteiger partial charge in [-0.25, -0.2) is 21.6 Å². The average molecular weight is 516 g/mol. The zero-order chi connectivity index (χ0) is 25.4. The van der Waals surface area contributed by atoms with Gasteiger partial charge in [0.15, 0.2) is 9.79 Å². The first-order valence-corrected chi connectivity index (χ1v) is 13.1. The Balaban J connectivity index is 2.07. The van der Waals surface area contributed by atoms with Crippen LogP contribution in [0.1, 0.15) is 19.3 Å². The molecule has 0 atom stereocenters. The van der Waals surface area contributed by atoms with Gasteiger partial charge in [0.25, 0.3) is 11.4 Å². The van der Waals surface area contributed by atoms with Gasteiger partial charge in [0.05, 0.1) is 9.85 Å². The summed E-state index contributed by atoms with van der Waals surface area (Å²) in [5, 5.41) is 22.4. The number of hydrogen-bond donors (Lipinski definition) is 2. The van der Waals surface area contributed by atoms with E-state index in [-0.39, 0.29) is 39.0 Å². The van der Waals surface area contributed by atoms with Gasteiger partial charge >= 0.3 is 0 Å². The molecule has 13 nitrogen and oxygen atoms in total. The van der Waals surface area contributed by atoms with Crippen LogP contribution in [0, 0.1) is 20.2 Å². The Labute approximate surface area is 197 Å². The molecule has 186 valence electrons. The molecule has 2 aromatic carbocycles. The molecule has 3 N–H and O–H groups in total. The molecule has 0 heterocycles. The minimum Gasteiger partial charge on any atom is -0.330 e. The molecule has 0 unspecified atom stereocenters. The lowest BCUT2D eigenvalue weighted by Crippen LogP contribution is -2.35. The predicted molar refractivity (Wildman–Crippen MR) is 123 cm³/mol. The summed E-state index contributed by atoms with van der Waals surface area (Å²) in [6.07, 6.45) is 0.763. The van der Waals surface area contributed by atoms with Gasteiger partial charge in [-0.3, -0.25) is 20.2 Å². The zero-order valence-electron chi connectivity index (χ0n) is 18.1. The Morgan fingerprint density at radius 1 is 0.794 bits per heavy atom. The van der Waals surface area contributed by atoms with E-state index in [1.54, 1.807) is 0 Å². The minimum absolute atomic E-state index is 0.0262. The van der Waals surface area contributed by atoms with E-state index in [4.69, 9.17) is 5.73 Å². The number of para-hydroxylation sites is 2. The number of nitrogens with one attached hydrogen (secondary N) is 1. The number of sulfonamides is 2. The van der Waals surface area contributed by atoms with Crippen LogP contribution in [0.25, 0.3) is 0 Å². The molecule has 2 aromatic rings. The molecule has 0 spiro atoms. The van der Waals surface area contributed by atoms with Gasteiger partial charge in [0.2, 0.25) is 20.0 Å². The van der Waals surface area contributed by atoms with Crippen molar-refractivity contribution in [3.8, 4) is 0 Å². The molecular weight excluding hydrogens is 490 g/mol. The summed E-state index contributed by atoms with van der Waals surface area (Å²) in [6.45, 7) is 0.123. The topological polar surface area (TPSA) is 196 Å². The SMILES string of the molecule is NCCCN(CCCCNS(=O)(=O)c1ccccc1[N+](=O)[O-])S(=O)(=O)c1ccccc1[N+](=O)[O-]. The van der Waals surface area contributed by atoms with Crippen LogP contribution in [0.15, 0.2) is 58.3 Å². The van der Waals surface area contributed by atoms with E-state index in [2.05, 4.69) is 4.72 Å². The lowest BCUT2D eigenvalue weighted by Gasteiger charge is -2.22. The summed E-state index contributed by atoms with van der Waals surface area (Å²) in [4.78, 5) is 19.9. The van der Waals surface area contributed by atoms with E-state index in [9.17, 15) is 37.1 Å². The molecule has 0 aliphatic heterocycles. The number of rotatable bonds is 14. The van der Waals surface area contributed by atoms with E-state index < -0.39 is 51.1 Å². The van der Waals surface area contributed by atoms with Crippen molar-refractivity contribution in [3.05, 3.63) is 68.8 Å². The zero-order valence-corrected chi connectivity index (χ0v) is 19.7. The minimum atomic E-state index is -4.20. The molecule has 2 rings (SSSR count). The van der Waals surface area contributed by atoms with Gasteiger partial charge in [-0.05, 0) is 37.9 Å². The fourth-order valence-corrected chi connectivity index (χ4v) is 6.04. The molecule has 0 saturated heterocycles. The van der Waals surface area contributed by atoms with E-state index in [1.807, 2.05) is 0 Å². The van der Waals surface area contributed by atoms with E-state index in [0.717, 1.165) is 28.6 Å². The number of nitro benzene ring substituents is 2. The quantitative estimate of drug-likeness (QED) is 0.213. The first-order valence-electron chi connectivity index (χ1n) is 10.2. The number of hydrogen-bond acceptors (Lipinski definition) is 9. The van der Waals surface area contributed by atoms with Gasteiger partial charge in [0, 0.05) is 31.8 Å². The molecule has 15 heteroatoms. The van der Waals surface area contributed by atoms with Gasteiger partial charge in [-0.2, -0.15) is 4.31 Å². The van der Waals surface area contributed by atoms with Gasteiger partial charge in [0.1, 0.15) is 0 Å². The monoisotopic (exact) mass is 515 g/mol. The molecule has 0 aromatic heterocycles. The summed E-state index contributed by atoms with van der Waals surface area (Å²) >= 11 is 0. The van der Waals surface area contributed by atoms with Crippen molar-refractivity contribution in [2.75, 3.05) is 26.2 Å². The Bertz CT molecular complexity index is 1230. The lowest BCUT2D eigenvalue weighted by molar-refractivity contribution is -0.388. The van der Waals surface area contributed by atoms with Crippen LogP contribution >= 0.6 is 0 Å². The molecule has 0 amide bonds. The van der Waals surface area contributed by atoms with Crippen molar-refractivity contribution in [3.63, 3.8) is 0 Å². The highest BCUT2D eigenvalue weighted by Crippen LogP contribution is 2.27. The molecule has 0 radical (unpaired) electrons. The molecular formula is C19H25N5O8S2. The van der Waals surface area contributed by atoms with E-state index in [1.165, 1.54) is 24.3 Å². The van der Waals surface area contributed by atoms with E-state index in [0.29, 0.717) is 6.42 Å². The highest BCUT2D eigenvalue weighted by atomic mass is 32.2. The van der Waals surface area contributed by atoms with Crippen molar-refractivity contribution in [1.29, 1.82) is 0 Å². The number of nitrogens with zero attached hydrogens (tertiary/aromatic N) is 3. The third-order valence-corrected chi connectivity index (χ3v) is 8.22. The molecule has 0 fully saturated rings. The standard InChI is InChI=1S/C19H25N5O8S2/c20-12-7-15-22(34(31,32)19-11-4-2-9-17(19)24(27)28)14-6-5-13-21-33(29,30)18-10-3-1-8-16(18)23(25)26/h1-4,8-11,21H,5-7,12-15,20H2. The Morgan fingerprint density at radius 2 is 1.29 bits per heavy atom. The van der Waals surface area contributed by atoms with Crippen molar-refractivity contribution >= 4 is 31.4 Å². The summed E-state index contributed by atoms with van der Waals surface area (Å²) in [5.74, 6) is 0. The molecule has 34 heavy (non-hydrogen) atoms. The Morgan fingerprint density at radius 3 is 1.85 bits per heavy atom. The highest BCUT2D eigenvalue weighted by molar-refractivity contribution is 7.89. The molecule has 0 saturated carbocycles. The number of unbranched alkanes of at least 4 members (excludes halogenated alkanes) is 1. The number of nitro groups is 2.